The summed E-state index contributed by atoms with van der Waals surface area (Å²) in [5.74, 6) is 0. The van der Waals surface area contributed by atoms with Crippen molar-refractivity contribution in [1.29, 1.82) is 0 Å². The molecule has 0 saturated carbocycles. The molecule has 0 amide bonds. The van der Waals surface area contributed by atoms with Gasteiger partial charge in [0.25, 0.3) is 0 Å². The Bertz CT molecular complexity index is 263. The highest BCUT2D eigenvalue weighted by Gasteiger charge is 2.07. The van der Waals surface area contributed by atoms with Gasteiger partial charge in [-0.25, -0.2) is 4.98 Å². The Hall–Kier alpha value is -0.610. The van der Waals surface area contributed by atoms with Crippen LogP contribution in [0.4, 0.5) is 5.13 Å². The average Bonchev–Trinajstić information content (AvgIpc) is 2.47. The van der Waals surface area contributed by atoms with Gasteiger partial charge in [-0.2, -0.15) is 0 Å². The molecule has 4 heteroatoms. The van der Waals surface area contributed by atoms with Crippen molar-refractivity contribution in [2.75, 3.05) is 32.1 Å². The van der Waals surface area contributed by atoms with E-state index in [-0.39, 0.29) is 0 Å². The predicted molar refractivity (Wildman–Crippen MR) is 63.4 cm³/mol. The summed E-state index contributed by atoms with van der Waals surface area (Å²) < 4.78 is 0. The monoisotopic (exact) mass is 213 g/mol. The van der Waals surface area contributed by atoms with Gasteiger partial charge in [-0.3, -0.25) is 0 Å². The molecule has 0 aliphatic carbocycles. The predicted octanol–water partition coefficient (Wildman–Crippen LogP) is 1.81. The Morgan fingerprint density at radius 2 is 2.14 bits per heavy atom. The van der Waals surface area contributed by atoms with Gasteiger partial charge < -0.3 is 10.2 Å². The summed E-state index contributed by atoms with van der Waals surface area (Å²) in [6.07, 6.45) is 1.16. The van der Waals surface area contributed by atoms with Gasteiger partial charge in [-0.1, -0.05) is 0 Å². The molecule has 1 N–H and O–H groups in total. The van der Waals surface area contributed by atoms with E-state index in [0.717, 1.165) is 30.3 Å². The summed E-state index contributed by atoms with van der Waals surface area (Å²) in [6, 6.07) is 0. The van der Waals surface area contributed by atoms with Gasteiger partial charge in [0, 0.05) is 18.5 Å². The molecule has 80 valence electrons. The lowest BCUT2D eigenvalue weighted by Crippen LogP contribution is -2.22. The molecule has 0 aliphatic heterocycles. The fourth-order valence-corrected chi connectivity index (χ4v) is 2.10. The van der Waals surface area contributed by atoms with Crippen LogP contribution in [0.3, 0.4) is 0 Å². The van der Waals surface area contributed by atoms with Crippen LogP contribution < -0.4 is 10.2 Å². The highest BCUT2D eigenvalue weighted by atomic mass is 32.1. The fourth-order valence-electron chi connectivity index (χ4n) is 1.21. The highest BCUT2D eigenvalue weighted by molar-refractivity contribution is 7.15. The smallest absolute Gasteiger partial charge is 0.185 e. The van der Waals surface area contributed by atoms with E-state index in [9.17, 15) is 0 Å². The van der Waals surface area contributed by atoms with Crippen molar-refractivity contribution in [3.63, 3.8) is 0 Å². The topological polar surface area (TPSA) is 28.2 Å². The molecule has 0 aromatic carbocycles. The minimum atomic E-state index is 1.06. The second-order valence-corrected chi connectivity index (χ2v) is 4.70. The summed E-state index contributed by atoms with van der Waals surface area (Å²) in [4.78, 5) is 8.06. The van der Waals surface area contributed by atoms with E-state index in [4.69, 9.17) is 0 Å². The molecule has 1 heterocycles. The van der Waals surface area contributed by atoms with Crippen molar-refractivity contribution < 1.29 is 0 Å². The Labute approximate surface area is 90.2 Å². The van der Waals surface area contributed by atoms with Gasteiger partial charge in [0.1, 0.15) is 0 Å². The van der Waals surface area contributed by atoms with Gasteiger partial charge in [0.05, 0.1) is 5.69 Å². The minimum absolute atomic E-state index is 1.06. The lowest BCUT2D eigenvalue weighted by atomic mass is 10.4. The first-order valence-corrected chi connectivity index (χ1v) is 5.76. The first kappa shape index (κ1) is 11.5. The molecular formula is C10H19N3S. The third-order valence-corrected chi connectivity index (χ3v) is 3.45. The number of aromatic nitrogens is 1. The van der Waals surface area contributed by atoms with Crippen LogP contribution in [0.2, 0.25) is 0 Å². The molecule has 0 unspecified atom stereocenters. The maximum atomic E-state index is 4.51. The molecule has 0 aliphatic rings. The Balaban J connectivity index is 2.47. The SMILES string of the molecule is CNCCCN(C)c1nc(C)c(C)s1. The van der Waals surface area contributed by atoms with Crippen molar-refractivity contribution in [1.82, 2.24) is 10.3 Å². The number of aryl methyl sites for hydroxylation is 2. The Morgan fingerprint density at radius 1 is 1.43 bits per heavy atom. The van der Waals surface area contributed by atoms with Crippen molar-refractivity contribution in [2.45, 2.75) is 20.3 Å². The molecule has 1 aromatic rings. The third-order valence-electron chi connectivity index (χ3n) is 2.26. The van der Waals surface area contributed by atoms with Crippen LogP contribution in [0.25, 0.3) is 0 Å². The maximum absolute atomic E-state index is 4.51. The maximum Gasteiger partial charge on any atom is 0.185 e. The van der Waals surface area contributed by atoms with Crippen LogP contribution >= 0.6 is 11.3 Å². The van der Waals surface area contributed by atoms with E-state index in [1.165, 1.54) is 4.88 Å². The zero-order valence-corrected chi connectivity index (χ0v) is 10.2. The number of nitrogens with one attached hydrogen (secondary N) is 1. The molecule has 0 fully saturated rings. The minimum Gasteiger partial charge on any atom is -0.351 e. The van der Waals surface area contributed by atoms with Gasteiger partial charge in [0.2, 0.25) is 0 Å². The molecule has 0 saturated heterocycles. The highest BCUT2D eigenvalue weighted by Crippen LogP contribution is 2.23. The van der Waals surface area contributed by atoms with Crippen LogP contribution in [0, 0.1) is 13.8 Å². The van der Waals surface area contributed by atoms with Crippen LogP contribution in [0.5, 0.6) is 0 Å². The van der Waals surface area contributed by atoms with E-state index in [0.29, 0.717) is 0 Å². The molecule has 0 bridgehead atoms. The molecule has 0 radical (unpaired) electrons. The van der Waals surface area contributed by atoms with Crippen molar-refractivity contribution in [3.05, 3.63) is 10.6 Å². The number of hydrogen-bond acceptors (Lipinski definition) is 4. The number of hydrogen-bond donors (Lipinski definition) is 1. The Morgan fingerprint density at radius 3 is 2.64 bits per heavy atom. The molecule has 1 rings (SSSR count). The summed E-state index contributed by atoms with van der Waals surface area (Å²) in [5.41, 5.74) is 1.16. The lowest BCUT2D eigenvalue weighted by molar-refractivity contribution is 0.711. The quantitative estimate of drug-likeness (QED) is 0.756. The van der Waals surface area contributed by atoms with Gasteiger partial charge in [-0.15, -0.1) is 11.3 Å². The first-order valence-electron chi connectivity index (χ1n) is 4.95. The first-order chi connectivity index (χ1) is 6.65. The zero-order valence-electron chi connectivity index (χ0n) is 9.42. The standard InChI is InChI=1S/C10H19N3S/c1-8-9(2)14-10(12-8)13(4)7-5-6-11-3/h11H,5-7H2,1-4H3. The normalized spacial score (nSPS) is 10.6. The molecule has 3 nitrogen and oxygen atoms in total. The van der Waals surface area contributed by atoms with Crippen LogP contribution in [-0.2, 0) is 0 Å². The van der Waals surface area contributed by atoms with Gasteiger partial charge in [0.15, 0.2) is 5.13 Å². The molecule has 1 aromatic heterocycles. The second-order valence-electron chi connectivity index (χ2n) is 3.52. The zero-order chi connectivity index (χ0) is 10.6. The summed E-state index contributed by atoms with van der Waals surface area (Å²) in [7, 11) is 4.09. The molecule has 14 heavy (non-hydrogen) atoms. The third kappa shape index (κ3) is 2.96. The average molecular weight is 213 g/mol. The fraction of sp³-hybridized carbons (Fsp3) is 0.700. The number of nitrogens with zero attached hydrogens (tertiary/aromatic N) is 2. The lowest BCUT2D eigenvalue weighted by Gasteiger charge is -2.14. The van der Waals surface area contributed by atoms with Gasteiger partial charge in [-0.05, 0) is 33.9 Å². The van der Waals surface area contributed by atoms with E-state index in [1.54, 1.807) is 11.3 Å². The number of anilines is 1. The Kier molecular flexibility index (Phi) is 4.35. The van der Waals surface area contributed by atoms with Crippen molar-refractivity contribution >= 4 is 16.5 Å². The molecule has 0 spiro atoms. The van der Waals surface area contributed by atoms with Crippen LogP contribution in [-0.4, -0.2) is 32.2 Å². The van der Waals surface area contributed by atoms with E-state index >= 15 is 0 Å². The molecule has 0 atom stereocenters. The number of thiazole rings is 1. The van der Waals surface area contributed by atoms with Crippen molar-refractivity contribution in [2.24, 2.45) is 0 Å². The summed E-state index contributed by atoms with van der Waals surface area (Å²) in [5, 5.41) is 4.28. The van der Waals surface area contributed by atoms with E-state index in [1.807, 2.05) is 7.05 Å². The van der Waals surface area contributed by atoms with Crippen molar-refractivity contribution in [3.8, 4) is 0 Å². The van der Waals surface area contributed by atoms with Crippen LogP contribution in [0.15, 0.2) is 0 Å². The summed E-state index contributed by atoms with van der Waals surface area (Å²) in [6.45, 7) is 6.32. The largest absolute Gasteiger partial charge is 0.351 e. The van der Waals surface area contributed by atoms with E-state index in [2.05, 4.69) is 36.1 Å². The second kappa shape index (κ2) is 5.32. The molecular weight excluding hydrogens is 194 g/mol. The van der Waals surface area contributed by atoms with Crippen LogP contribution in [0.1, 0.15) is 17.0 Å². The number of rotatable bonds is 5. The van der Waals surface area contributed by atoms with Gasteiger partial charge >= 0.3 is 0 Å². The van der Waals surface area contributed by atoms with E-state index < -0.39 is 0 Å². The summed E-state index contributed by atoms with van der Waals surface area (Å²) >= 11 is 1.77.